The molecular weight excluding hydrogens is 344 g/mol. The molecule has 0 saturated carbocycles. The zero-order chi connectivity index (χ0) is 19.6. The van der Waals surface area contributed by atoms with Gasteiger partial charge in [-0.05, 0) is 31.7 Å². The maximum atomic E-state index is 12.6. The van der Waals surface area contributed by atoms with Gasteiger partial charge in [0.15, 0.2) is 11.5 Å². The first kappa shape index (κ1) is 20.6. The molecule has 1 atom stereocenters. The summed E-state index contributed by atoms with van der Waals surface area (Å²) in [6, 6.07) is 10.1. The average molecular weight is 372 g/mol. The number of rotatable bonds is 11. The summed E-state index contributed by atoms with van der Waals surface area (Å²) >= 11 is 0. The lowest BCUT2D eigenvalue weighted by atomic mass is 10.1. The summed E-state index contributed by atoms with van der Waals surface area (Å²) in [6.45, 7) is 3.01. The Bertz CT molecular complexity index is 730. The number of carbonyl (C=O) groups excluding carboxylic acids is 2. The predicted octanol–water partition coefficient (Wildman–Crippen LogP) is 2.84. The Morgan fingerprint density at radius 3 is 2.74 bits per heavy atom. The van der Waals surface area contributed by atoms with Gasteiger partial charge in [0.2, 0.25) is 6.41 Å². The molecule has 27 heavy (non-hydrogen) atoms. The standard InChI is InChI=1S/C20H28N4O3/c1-16(27-13-17-10-5-4-6-11-17)9-7-8-12-24(15-25)20(26)18-19(21-2)22-14-23(18)3/h4-6,10-11,14-16,21H,7-9,12-13H2,1-3H3/t16-/m1/s1. The number of amides is 2. The minimum absolute atomic E-state index is 0.124. The number of benzene rings is 1. The molecule has 0 bridgehead atoms. The largest absolute Gasteiger partial charge is 0.374 e. The smallest absolute Gasteiger partial charge is 0.280 e. The number of imidazole rings is 1. The van der Waals surface area contributed by atoms with E-state index in [0.717, 1.165) is 24.8 Å². The molecule has 0 aliphatic rings. The monoisotopic (exact) mass is 372 g/mol. The molecule has 1 aromatic heterocycles. The van der Waals surface area contributed by atoms with Gasteiger partial charge >= 0.3 is 0 Å². The van der Waals surface area contributed by atoms with Crippen molar-refractivity contribution in [2.24, 2.45) is 7.05 Å². The molecule has 0 fully saturated rings. The lowest BCUT2D eigenvalue weighted by Crippen LogP contribution is -2.32. The van der Waals surface area contributed by atoms with Crippen molar-refractivity contribution >= 4 is 18.1 Å². The zero-order valence-corrected chi connectivity index (χ0v) is 16.2. The predicted molar refractivity (Wildman–Crippen MR) is 104 cm³/mol. The minimum Gasteiger partial charge on any atom is -0.374 e. The molecule has 0 spiro atoms. The second-order valence-electron chi connectivity index (χ2n) is 6.51. The number of nitrogens with zero attached hydrogens (tertiary/aromatic N) is 3. The summed E-state index contributed by atoms with van der Waals surface area (Å²) in [5.74, 6) is 0.125. The van der Waals surface area contributed by atoms with E-state index < -0.39 is 0 Å². The maximum Gasteiger partial charge on any atom is 0.280 e. The topological polar surface area (TPSA) is 76.5 Å². The fourth-order valence-electron chi connectivity index (χ4n) is 2.81. The molecule has 0 unspecified atom stereocenters. The minimum atomic E-state index is -0.345. The number of aryl methyl sites for hydroxylation is 1. The molecule has 7 heteroatoms. The fourth-order valence-corrected chi connectivity index (χ4v) is 2.81. The number of nitrogens with one attached hydrogen (secondary N) is 1. The van der Waals surface area contributed by atoms with Crippen LogP contribution in [-0.2, 0) is 23.2 Å². The molecule has 1 heterocycles. The van der Waals surface area contributed by atoms with Crippen molar-refractivity contribution in [3.05, 3.63) is 47.9 Å². The molecule has 2 amide bonds. The van der Waals surface area contributed by atoms with Crippen molar-refractivity contribution in [2.45, 2.75) is 38.9 Å². The van der Waals surface area contributed by atoms with Crippen LogP contribution in [0.4, 0.5) is 5.82 Å². The molecule has 0 aliphatic heterocycles. The van der Waals surface area contributed by atoms with E-state index in [4.69, 9.17) is 4.74 Å². The summed E-state index contributed by atoms with van der Waals surface area (Å²) < 4.78 is 7.46. The van der Waals surface area contributed by atoms with Gasteiger partial charge in [-0.3, -0.25) is 14.5 Å². The molecular formula is C20H28N4O3. The van der Waals surface area contributed by atoms with Crippen molar-refractivity contribution in [1.29, 1.82) is 0 Å². The van der Waals surface area contributed by atoms with Crippen LogP contribution in [0.25, 0.3) is 0 Å². The highest BCUT2D eigenvalue weighted by Crippen LogP contribution is 2.15. The lowest BCUT2D eigenvalue weighted by molar-refractivity contribution is -0.116. The van der Waals surface area contributed by atoms with Gasteiger partial charge in [0, 0.05) is 20.6 Å². The highest BCUT2D eigenvalue weighted by atomic mass is 16.5. The summed E-state index contributed by atoms with van der Waals surface area (Å²) in [6.07, 6.45) is 4.74. The summed E-state index contributed by atoms with van der Waals surface area (Å²) in [5, 5.41) is 2.87. The number of unbranched alkanes of at least 4 members (excludes halogenated alkanes) is 1. The van der Waals surface area contributed by atoms with E-state index in [-0.39, 0.29) is 12.0 Å². The molecule has 0 aliphatic carbocycles. The van der Waals surface area contributed by atoms with E-state index in [1.807, 2.05) is 37.3 Å². The second-order valence-corrected chi connectivity index (χ2v) is 6.51. The third-order valence-electron chi connectivity index (χ3n) is 4.40. The van der Waals surface area contributed by atoms with Gasteiger partial charge in [-0.1, -0.05) is 30.3 Å². The number of hydrogen-bond acceptors (Lipinski definition) is 5. The Morgan fingerprint density at radius 2 is 2.07 bits per heavy atom. The van der Waals surface area contributed by atoms with Crippen LogP contribution < -0.4 is 5.32 Å². The van der Waals surface area contributed by atoms with E-state index in [1.165, 1.54) is 4.90 Å². The third kappa shape index (κ3) is 5.92. The second kappa shape index (κ2) is 10.5. The van der Waals surface area contributed by atoms with Gasteiger partial charge < -0.3 is 14.6 Å². The molecule has 2 aromatic rings. The highest BCUT2D eigenvalue weighted by molar-refractivity contribution is 6.02. The normalized spacial score (nSPS) is 11.8. The molecule has 1 aromatic carbocycles. The van der Waals surface area contributed by atoms with Gasteiger partial charge in [-0.25, -0.2) is 4.98 Å². The Hall–Kier alpha value is -2.67. The van der Waals surface area contributed by atoms with E-state index in [2.05, 4.69) is 10.3 Å². The van der Waals surface area contributed by atoms with E-state index in [9.17, 15) is 9.59 Å². The van der Waals surface area contributed by atoms with Gasteiger partial charge in [0.05, 0.1) is 19.0 Å². The number of ether oxygens (including phenoxy) is 1. The van der Waals surface area contributed by atoms with E-state index in [1.54, 1.807) is 25.0 Å². The van der Waals surface area contributed by atoms with Crippen LogP contribution >= 0.6 is 0 Å². The Labute approximate surface area is 160 Å². The van der Waals surface area contributed by atoms with Crippen molar-refractivity contribution in [2.75, 3.05) is 18.9 Å². The Kier molecular flexibility index (Phi) is 8.00. The van der Waals surface area contributed by atoms with Crippen molar-refractivity contribution in [1.82, 2.24) is 14.5 Å². The first-order valence-electron chi connectivity index (χ1n) is 9.17. The summed E-state index contributed by atoms with van der Waals surface area (Å²) in [5.41, 5.74) is 1.53. The van der Waals surface area contributed by atoms with E-state index >= 15 is 0 Å². The number of hydrogen-bond donors (Lipinski definition) is 1. The highest BCUT2D eigenvalue weighted by Gasteiger charge is 2.22. The van der Waals surface area contributed by atoms with E-state index in [0.29, 0.717) is 31.1 Å². The lowest BCUT2D eigenvalue weighted by Gasteiger charge is -2.17. The van der Waals surface area contributed by atoms with Crippen LogP contribution in [0.5, 0.6) is 0 Å². The number of imide groups is 1. The summed E-state index contributed by atoms with van der Waals surface area (Å²) in [4.78, 5) is 29.3. The molecule has 0 saturated heterocycles. The van der Waals surface area contributed by atoms with Crippen LogP contribution in [0.3, 0.4) is 0 Å². The molecule has 7 nitrogen and oxygen atoms in total. The molecule has 1 N–H and O–H groups in total. The van der Waals surface area contributed by atoms with Crippen molar-refractivity contribution in [3.63, 3.8) is 0 Å². The Morgan fingerprint density at radius 1 is 1.33 bits per heavy atom. The van der Waals surface area contributed by atoms with Crippen LogP contribution in [0, 0.1) is 0 Å². The van der Waals surface area contributed by atoms with Crippen molar-refractivity contribution in [3.8, 4) is 0 Å². The number of carbonyl (C=O) groups is 2. The quantitative estimate of drug-likeness (QED) is 0.485. The van der Waals surface area contributed by atoms with Gasteiger partial charge in [0.25, 0.3) is 5.91 Å². The van der Waals surface area contributed by atoms with Crippen molar-refractivity contribution < 1.29 is 14.3 Å². The van der Waals surface area contributed by atoms with Crippen LogP contribution in [0.2, 0.25) is 0 Å². The van der Waals surface area contributed by atoms with Gasteiger partial charge in [0.1, 0.15) is 0 Å². The fraction of sp³-hybridized carbons (Fsp3) is 0.450. The molecule has 2 rings (SSSR count). The third-order valence-corrected chi connectivity index (χ3v) is 4.40. The molecule has 0 radical (unpaired) electrons. The maximum absolute atomic E-state index is 12.6. The number of anilines is 1. The Balaban J connectivity index is 1.75. The zero-order valence-electron chi connectivity index (χ0n) is 16.2. The number of aromatic nitrogens is 2. The molecule has 146 valence electrons. The van der Waals surface area contributed by atoms with Crippen LogP contribution in [-0.4, -0.2) is 46.5 Å². The first-order valence-corrected chi connectivity index (χ1v) is 9.17. The first-order chi connectivity index (χ1) is 13.1. The SMILES string of the molecule is CNc1ncn(C)c1C(=O)N(C=O)CCCC[C@@H](C)OCc1ccccc1. The average Bonchev–Trinajstić information content (AvgIpc) is 3.07. The van der Waals surface area contributed by atoms with Crippen LogP contribution in [0.15, 0.2) is 36.7 Å². The van der Waals surface area contributed by atoms with Gasteiger partial charge in [-0.2, -0.15) is 0 Å². The van der Waals surface area contributed by atoms with Gasteiger partial charge in [-0.15, -0.1) is 0 Å². The summed E-state index contributed by atoms with van der Waals surface area (Å²) in [7, 11) is 3.43. The van der Waals surface area contributed by atoms with Crippen LogP contribution in [0.1, 0.15) is 42.2 Å².